The zero-order valence-corrected chi connectivity index (χ0v) is 11.7. The molecule has 94 valence electrons. The minimum Gasteiger partial charge on any atom is -0.384 e. The van der Waals surface area contributed by atoms with Crippen LogP contribution in [0.25, 0.3) is 0 Å². The van der Waals surface area contributed by atoms with E-state index in [2.05, 4.69) is 9.88 Å². The van der Waals surface area contributed by atoms with E-state index >= 15 is 0 Å². The van der Waals surface area contributed by atoms with Crippen LogP contribution in [0.5, 0.6) is 0 Å². The Kier molecular flexibility index (Phi) is 4.36. The van der Waals surface area contributed by atoms with Crippen LogP contribution >= 0.6 is 34.8 Å². The lowest BCUT2D eigenvalue weighted by Gasteiger charge is -2.19. The molecule has 0 saturated carbocycles. The maximum absolute atomic E-state index is 6.13. The average molecular weight is 296 g/mol. The normalized spacial score (nSPS) is 20.0. The molecule has 1 fully saturated rings. The van der Waals surface area contributed by atoms with Crippen molar-refractivity contribution in [1.29, 1.82) is 0 Å². The second kappa shape index (κ2) is 5.61. The molecule has 1 atom stereocenters. The van der Waals surface area contributed by atoms with Gasteiger partial charge in [0.05, 0.1) is 16.7 Å². The van der Waals surface area contributed by atoms with E-state index in [0.717, 1.165) is 26.1 Å². The molecule has 0 spiro atoms. The molecule has 17 heavy (non-hydrogen) atoms. The van der Waals surface area contributed by atoms with E-state index in [1.54, 1.807) is 13.2 Å². The predicted molar refractivity (Wildman–Crippen MR) is 71.5 cm³/mol. The fraction of sp³-hybridized carbons (Fsp3) is 0.545. The van der Waals surface area contributed by atoms with Crippen LogP contribution in [0.2, 0.25) is 15.2 Å². The molecule has 3 nitrogen and oxygen atoms in total. The molecule has 0 radical (unpaired) electrons. The van der Waals surface area contributed by atoms with Crippen LogP contribution in [0.15, 0.2) is 6.07 Å². The smallest absolute Gasteiger partial charge is 0.150 e. The fourth-order valence-electron chi connectivity index (χ4n) is 2.05. The van der Waals surface area contributed by atoms with Crippen LogP contribution in [0.4, 0.5) is 5.82 Å². The van der Waals surface area contributed by atoms with Gasteiger partial charge in [-0.25, -0.2) is 4.98 Å². The number of hydrogen-bond acceptors (Lipinski definition) is 3. The Bertz CT molecular complexity index is 414. The summed E-state index contributed by atoms with van der Waals surface area (Å²) < 4.78 is 5.16. The number of methoxy groups -OCH3 is 1. The minimum absolute atomic E-state index is 0.293. The van der Waals surface area contributed by atoms with E-state index in [9.17, 15) is 0 Å². The lowest BCUT2D eigenvalue weighted by Crippen LogP contribution is -2.22. The molecular formula is C11H13Cl3N2O. The molecule has 0 aliphatic carbocycles. The van der Waals surface area contributed by atoms with Gasteiger partial charge in [0, 0.05) is 26.1 Å². The van der Waals surface area contributed by atoms with E-state index in [1.165, 1.54) is 0 Å². The van der Waals surface area contributed by atoms with E-state index in [4.69, 9.17) is 39.5 Å². The van der Waals surface area contributed by atoms with E-state index in [0.29, 0.717) is 26.9 Å². The van der Waals surface area contributed by atoms with E-state index in [-0.39, 0.29) is 0 Å². The zero-order valence-electron chi connectivity index (χ0n) is 9.42. The Morgan fingerprint density at radius 3 is 2.88 bits per heavy atom. The number of ether oxygens (including phenoxy) is 1. The van der Waals surface area contributed by atoms with Crippen molar-refractivity contribution in [2.45, 2.75) is 6.42 Å². The summed E-state index contributed by atoms with van der Waals surface area (Å²) in [6.07, 6.45) is 1.08. The summed E-state index contributed by atoms with van der Waals surface area (Å²) in [6.45, 7) is 2.56. The minimum atomic E-state index is 0.293. The van der Waals surface area contributed by atoms with Gasteiger partial charge in [-0.05, 0) is 12.5 Å². The van der Waals surface area contributed by atoms with Crippen LogP contribution in [0.3, 0.4) is 0 Å². The largest absolute Gasteiger partial charge is 0.384 e. The van der Waals surface area contributed by atoms with E-state index in [1.807, 2.05) is 0 Å². The summed E-state index contributed by atoms with van der Waals surface area (Å²) >= 11 is 17.9. The quantitative estimate of drug-likeness (QED) is 0.798. The highest BCUT2D eigenvalue weighted by Crippen LogP contribution is 2.33. The topological polar surface area (TPSA) is 25.4 Å². The molecule has 1 saturated heterocycles. The molecule has 1 aliphatic rings. The number of rotatable bonds is 3. The summed E-state index contributed by atoms with van der Waals surface area (Å²) in [5, 5.41) is 1.21. The molecule has 6 heteroatoms. The van der Waals surface area contributed by atoms with Gasteiger partial charge in [-0.3, -0.25) is 0 Å². The number of hydrogen-bond donors (Lipinski definition) is 0. The fourth-order valence-corrected chi connectivity index (χ4v) is 2.67. The molecule has 1 unspecified atom stereocenters. The van der Waals surface area contributed by atoms with Gasteiger partial charge in [0.1, 0.15) is 11.0 Å². The molecule has 1 aliphatic heterocycles. The molecule has 0 bridgehead atoms. The summed E-state index contributed by atoms with van der Waals surface area (Å²) in [5.41, 5.74) is 0. The van der Waals surface area contributed by atoms with Crippen LogP contribution in [0, 0.1) is 5.92 Å². The predicted octanol–water partition coefficient (Wildman–Crippen LogP) is 3.51. The average Bonchev–Trinajstić information content (AvgIpc) is 2.72. The van der Waals surface area contributed by atoms with Crippen molar-refractivity contribution in [1.82, 2.24) is 4.98 Å². The molecule has 1 aromatic rings. The third-order valence-electron chi connectivity index (χ3n) is 2.86. The van der Waals surface area contributed by atoms with Crippen LogP contribution in [0.1, 0.15) is 6.42 Å². The summed E-state index contributed by atoms with van der Waals surface area (Å²) in [5.74, 6) is 1.23. The van der Waals surface area contributed by atoms with Gasteiger partial charge in [0.25, 0.3) is 0 Å². The van der Waals surface area contributed by atoms with Gasteiger partial charge in [-0.1, -0.05) is 34.8 Å². The molecule has 0 N–H and O–H groups in total. The van der Waals surface area contributed by atoms with Gasteiger partial charge < -0.3 is 9.64 Å². The SMILES string of the molecule is COCC1CCN(c2nc(Cl)c(Cl)cc2Cl)C1. The molecule has 2 heterocycles. The van der Waals surface area contributed by atoms with Crippen molar-refractivity contribution in [3.63, 3.8) is 0 Å². The maximum atomic E-state index is 6.13. The first kappa shape index (κ1) is 13.2. The number of halogens is 3. The molecule has 0 aromatic carbocycles. The monoisotopic (exact) mass is 294 g/mol. The van der Waals surface area contributed by atoms with Crippen molar-refractivity contribution < 1.29 is 4.74 Å². The van der Waals surface area contributed by atoms with Crippen molar-refractivity contribution in [3.05, 3.63) is 21.3 Å². The zero-order chi connectivity index (χ0) is 12.4. The second-order valence-corrected chi connectivity index (χ2v) is 5.29. The van der Waals surface area contributed by atoms with Gasteiger partial charge >= 0.3 is 0 Å². The molecule has 2 rings (SSSR count). The number of anilines is 1. The Hall–Kier alpha value is -0.220. The first-order chi connectivity index (χ1) is 8.11. The van der Waals surface area contributed by atoms with Crippen molar-refractivity contribution >= 4 is 40.6 Å². The Balaban J connectivity index is 2.16. The number of pyridine rings is 1. The van der Waals surface area contributed by atoms with Gasteiger partial charge in [-0.15, -0.1) is 0 Å². The highest BCUT2D eigenvalue weighted by atomic mass is 35.5. The third kappa shape index (κ3) is 2.97. The van der Waals surface area contributed by atoms with Crippen molar-refractivity contribution in [2.24, 2.45) is 5.92 Å². The van der Waals surface area contributed by atoms with E-state index < -0.39 is 0 Å². The maximum Gasteiger partial charge on any atom is 0.150 e. The molecule has 0 amide bonds. The first-order valence-corrected chi connectivity index (χ1v) is 6.50. The highest BCUT2D eigenvalue weighted by Gasteiger charge is 2.25. The number of aromatic nitrogens is 1. The van der Waals surface area contributed by atoms with Crippen molar-refractivity contribution in [2.75, 3.05) is 31.7 Å². The Labute approximate surface area is 116 Å². The number of nitrogens with zero attached hydrogens (tertiary/aromatic N) is 2. The molecular weight excluding hydrogens is 282 g/mol. The standard InChI is InChI=1S/C11H13Cl3N2O/c1-17-6-7-2-3-16(5-7)11-9(13)4-8(12)10(14)15-11/h4,7H,2-3,5-6H2,1H3. The van der Waals surface area contributed by atoms with Gasteiger partial charge in [-0.2, -0.15) is 0 Å². The van der Waals surface area contributed by atoms with Crippen molar-refractivity contribution in [3.8, 4) is 0 Å². The second-order valence-electron chi connectivity index (χ2n) is 4.12. The third-order valence-corrected chi connectivity index (χ3v) is 3.81. The Morgan fingerprint density at radius 1 is 1.41 bits per heavy atom. The summed E-state index contributed by atoms with van der Waals surface area (Å²) in [7, 11) is 1.72. The molecule has 1 aromatic heterocycles. The summed E-state index contributed by atoms with van der Waals surface area (Å²) in [4.78, 5) is 6.35. The first-order valence-electron chi connectivity index (χ1n) is 5.37. The highest BCUT2D eigenvalue weighted by molar-refractivity contribution is 6.42. The van der Waals surface area contributed by atoms with Gasteiger partial charge in [0.2, 0.25) is 0 Å². The Morgan fingerprint density at radius 2 is 2.18 bits per heavy atom. The van der Waals surface area contributed by atoms with Crippen LogP contribution in [-0.2, 0) is 4.74 Å². The van der Waals surface area contributed by atoms with Gasteiger partial charge in [0.15, 0.2) is 0 Å². The lowest BCUT2D eigenvalue weighted by atomic mass is 10.1. The summed E-state index contributed by atoms with van der Waals surface area (Å²) in [6, 6.07) is 1.64. The van der Waals surface area contributed by atoms with Crippen LogP contribution in [-0.4, -0.2) is 31.8 Å². The lowest BCUT2D eigenvalue weighted by molar-refractivity contribution is 0.161. The van der Waals surface area contributed by atoms with Crippen LogP contribution < -0.4 is 4.90 Å².